The number of hydrogen-bond acceptors (Lipinski definition) is 5. The molecule has 134 valence electrons. The van der Waals surface area contributed by atoms with Crippen LogP contribution in [0.2, 0.25) is 0 Å². The van der Waals surface area contributed by atoms with Crippen molar-refractivity contribution in [3.05, 3.63) is 40.9 Å². The zero-order chi connectivity index (χ0) is 17.6. The van der Waals surface area contributed by atoms with Crippen LogP contribution in [-0.4, -0.2) is 55.2 Å². The number of rotatable bonds is 6. The lowest BCUT2D eigenvalue weighted by atomic mass is 10.0. The predicted molar refractivity (Wildman–Crippen MR) is 101 cm³/mol. The quantitative estimate of drug-likeness (QED) is 0.861. The van der Waals surface area contributed by atoms with Crippen molar-refractivity contribution in [2.75, 3.05) is 39.4 Å². The van der Waals surface area contributed by atoms with Crippen LogP contribution < -0.4 is 5.32 Å². The highest BCUT2D eigenvalue weighted by atomic mass is 32.1. The lowest BCUT2D eigenvalue weighted by Gasteiger charge is -2.26. The van der Waals surface area contributed by atoms with Crippen LogP contribution in [0.5, 0.6) is 0 Å². The third-order valence-electron chi connectivity index (χ3n) is 4.38. The number of carbonyl (C=O) groups excluding carboxylic acids is 1. The van der Waals surface area contributed by atoms with Crippen LogP contribution in [0.1, 0.15) is 35.8 Å². The van der Waals surface area contributed by atoms with E-state index in [1.165, 1.54) is 16.9 Å². The van der Waals surface area contributed by atoms with E-state index in [-0.39, 0.29) is 5.91 Å². The summed E-state index contributed by atoms with van der Waals surface area (Å²) in [6.07, 6.45) is 0. The molecule has 0 aliphatic carbocycles. The van der Waals surface area contributed by atoms with Gasteiger partial charge in [0.2, 0.25) is 0 Å². The first-order chi connectivity index (χ1) is 12.1. The van der Waals surface area contributed by atoms with Crippen molar-refractivity contribution in [1.29, 1.82) is 0 Å². The molecule has 25 heavy (non-hydrogen) atoms. The molecule has 1 saturated heterocycles. The topological polar surface area (TPSA) is 54.5 Å². The van der Waals surface area contributed by atoms with Gasteiger partial charge in [-0.1, -0.05) is 38.1 Å². The summed E-state index contributed by atoms with van der Waals surface area (Å²) in [5.41, 5.74) is 2.86. The second-order valence-corrected chi connectivity index (χ2v) is 7.38. The summed E-state index contributed by atoms with van der Waals surface area (Å²) in [6.45, 7) is 9.26. The summed E-state index contributed by atoms with van der Waals surface area (Å²) in [5, 5.41) is 5.67. The van der Waals surface area contributed by atoms with Crippen molar-refractivity contribution >= 4 is 17.2 Å². The van der Waals surface area contributed by atoms with E-state index in [0.29, 0.717) is 18.2 Å². The van der Waals surface area contributed by atoms with Crippen LogP contribution in [0.15, 0.2) is 29.6 Å². The summed E-state index contributed by atoms with van der Waals surface area (Å²) in [7, 11) is 0. The number of nitrogens with zero attached hydrogens (tertiary/aromatic N) is 2. The predicted octanol–water partition coefficient (Wildman–Crippen LogP) is 3.00. The summed E-state index contributed by atoms with van der Waals surface area (Å²) >= 11 is 1.51. The highest BCUT2D eigenvalue weighted by Crippen LogP contribution is 2.25. The second kappa shape index (κ2) is 8.56. The number of benzene rings is 1. The highest BCUT2D eigenvalue weighted by molar-refractivity contribution is 7.13. The SMILES string of the molecule is CC(C)c1ccc(-c2nc(C(=O)NCCN3CCOCC3)cs2)cc1. The Hall–Kier alpha value is -1.76. The van der Waals surface area contributed by atoms with E-state index in [1.54, 1.807) is 0 Å². The van der Waals surface area contributed by atoms with Gasteiger partial charge in [-0.25, -0.2) is 4.98 Å². The van der Waals surface area contributed by atoms with E-state index >= 15 is 0 Å². The molecule has 1 N–H and O–H groups in total. The molecule has 1 amide bonds. The number of thiazole rings is 1. The fourth-order valence-corrected chi connectivity index (χ4v) is 3.57. The minimum absolute atomic E-state index is 0.102. The number of aromatic nitrogens is 1. The number of nitrogens with one attached hydrogen (secondary N) is 1. The molecule has 1 aromatic carbocycles. The van der Waals surface area contributed by atoms with E-state index in [2.05, 4.69) is 53.3 Å². The Labute approximate surface area is 153 Å². The monoisotopic (exact) mass is 359 g/mol. The van der Waals surface area contributed by atoms with Gasteiger partial charge in [-0.15, -0.1) is 11.3 Å². The molecule has 2 heterocycles. The molecule has 5 nitrogen and oxygen atoms in total. The average molecular weight is 359 g/mol. The molecular weight excluding hydrogens is 334 g/mol. The molecule has 1 fully saturated rings. The van der Waals surface area contributed by atoms with Crippen molar-refractivity contribution < 1.29 is 9.53 Å². The van der Waals surface area contributed by atoms with E-state index in [1.807, 2.05) is 5.38 Å². The molecule has 0 radical (unpaired) electrons. The van der Waals surface area contributed by atoms with Crippen molar-refractivity contribution in [3.63, 3.8) is 0 Å². The minimum Gasteiger partial charge on any atom is -0.379 e. The summed E-state index contributed by atoms with van der Waals surface area (Å²) in [5.74, 6) is 0.410. The molecule has 0 bridgehead atoms. The fourth-order valence-electron chi connectivity index (χ4n) is 2.76. The highest BCUT2D eigenvalue weighted by Gasteiger charge is 2.14. The molecule has 0 spiro atoms. The molecule has 0 saturated carbocycles. The van der Waals surface area contributed by atoms with Crippen LogP contribution in [0.4, 0.5) is 0 Å². The van der Waals surface area contributed by atoms with Crippen molar-refractivity contribution in [1.82, 2.24) is 15.2 Å². The van der Waals surface area contributed by atoms with Gasteiger partial charge < -0.3 is 10.1 Å². The van der Waals surface area contributed by atoms with Gasteiger partial charge in [0.25, 0.3) is 5.91 Å². The normalized spacial score (nSPS) is 15.5. The largest absolute Gasteiger partial charge is 0.379 e. The summed E-state index contributed by atoms with van der Waals surface area (Å²) in [4.78, 5) is 19.1. The number of hydrogen-bond donors (Lipinski definition) is 1. The Bertz CT molecular complexity index is 691. The Balaban J connectivity index is 1.54. The maximum atomic E-state index is 12.3. The lowest BCUT2D eigenvalue weighted by molar-refractivity contribution is 0.0383. The van der Waals surface area contributed by atoms with Gasteiger partial charge in [-0.2, -0.15) is 0 Å². The zero-order valence-corrected chi connectivity index (χ0v) is 15.6. The summed E-state index contributed by atoms with van der Waals surface area (Å²) in [6, 6.07) is 8.41. The van der Waals surface area contributed by atoms with E-state index in [4.69, 9.17) is 4.74 Å². The smallest absolute Gasteiger partial charge is 0.270 e. The Morgan fingerprint density at radius 2 is 2.00 bits per heavy atom. The molecule has 0 unspecified atom stereocenters. The van der Waals surface area contributed by atoms with Gasteiger partial charge in [0.15, 0.2) is 0 Å². The van der Waals surface area contributed by atoms with Crippen LogP contribution in [0.3, 0.4) is 0 Å². The van der Waals surface area contributed by atoms with Gasteiger partial charge in [-0.3, -0.25) is 9.69 Å². The molecule has 1 aliphatic heterocycles. The van der Waals surface area contributed by atoms with Gasteiger partial charge in [-0.05, 0) is 11.5 Å². The van der Waals surface area contributed by atoms with Crippen LogP contribution in [0, 0.1) is 0 Å². The fraction of sp³-hybridized carbons (Fsp3) is 0.474. The van der Waals surface area contributed by atoms with Crippen molar-refractivity contribution in [3.8, 4) is 10.6 Å². The first kappa shape index (κ1) is 18.0. The Morgan fingerprint density at radius 3 is 2.68 bits per heavy atom. The first-order valence-electron chi connectivity index (χ1n) is 8.77. The molecule has 3 rings (SSSR count). The minimum atomic E-state index is -0.102. The molecule has 0 atom stereocenters. The molecule has 2 aromatic rings. The van der Waals surface area contributed by atoms with E-state index in [9.17, 15) is 4.79 Å². The number of morpholine rings is 1. The second-order valence-electron chi connectivity index (χ2n) is 6.52. The number of carbonyl (C=O) groups is 1. The molecule has 1 aliphatic rings. The van der Waals surface area contributed by atoms with Crippen LogP contribution in [0.25, 0.3) is 10.6 Å². The van der Waals surface area contributed by atoms with E-state index < -0.39 is 0 Å². The third-order valence-corrected chi connectivity index (χ3v) is 5.27. The zero-order valence-electron chi connectivity index (χ0n) is 14.8. The third kappa shape index (κ3) is 4.87. The summed E-state index contributed by atoms with van der Waals surface area (Å²) < 4.78 is 5.32. The maximum absolute atomic E-state index is 12.3. The standard InChI is InChI=1S/C19H25N3O2S/c1-14(2)15-3-5-16(6-4-15)19-21-17(13-25-19)18(23)20-7-8-22-9-11-24-12-10-22/h3-6,13-14H,7-12H2,1-2H3,(H,20,23). The lowest BCUT2D eigenvalue weighted by Crippen LogP contribution is -2.41. The molecule has 6 heteroatoms. The van der Waals surface area contributed by atoms with Gasteiger partial charge in [0.05, 0.1) is 13.2 Å². The van der Waals surface area contributed by atoms with Crippen molar-refractivity contribution in [2.45, 2.75) is 19.8 Å². The van der Waals surface area contributed by atoms with Crippen LogP contribution in [-0.2, 0) is 4.74 Å². The van der Waals surface area contributed by atoms with Gasteiger partial charge >= 0.3 is 0 Å². The van der Waals surface area contributed by atoms with Gasteiger partial charge in [0, 0.05) is 37.1 Å². The van der Waals surface area contributed by atoms with Crippen molar-refractivity contribution in [2.24, 2.45) is 0 Å². The van der Waals surface area contributed by atoms with Gasteiger partial charge in [0.1, 0.15) is 10.7 Å². The van der Waals surface area contributed by atoms with Crippen LogP contribution >= 0.6 is 11.3 Å². The van der Waals surface area contributed by atoms with E-state index in [0.717, 1.165) is 43.4 Å². The molecular formula is C19H25N3O2S. The molecule has 1 aromatic heterocycles. The first-order valence-corrected chi connectivity index (χ1v) is 9.65. The Morgan fingerprint density at radius 1 is 1.28 bits per heavy atom. The number of amides is 1. The Kier molecular flexibility index (Phi) is 6.18. The average Bonchev–Trinajstić information content (AvgIpc) is 3.13. The maximum Gasteiger partial charge on any atom is 0.270 e. The number of ether oxygens (including phenoxy) is 1.